The number of pyridine rings is 1. The van der Waals surface area contributed by atoms with Gasteiger partial charge in [0.25, 0.3) is 11.8 Å². The molecule has 6 rings (SSSR count). The summed E-state index contributed by atoms with van der Waals surface area (Å²) < 4.78 is 1.98. The zero-order valence-corrected chi connectivity index (χ0v) is 25.2. The van der Waals surface area contributed by atoms with Crippen molar-refractivity contribution in [3.8, 4) is 16.9 Å². The summed E-state index contributed by atoms with van der Waals surface area (Å²) in [6.45, 7) is 5.35. The molecule has 222 valence electrons. The van der Waals surface area contributed by atoms with Gasteiger partial charge in [-0.25, -0.2) is 15.0 Å². The number of amides is 2. The first-order valence-electron chi connectivity index (χ1n) is 14.5. The molecule has 0 fully saturated rings. The number of fused-ring (bicyclic) bond motifs is 2. The van der Waals surface area contributed by atoms with Crippen molar-refractivity contribution in [2.45, 2.75) is 20.3 Å². The second kappa shape index (κ2) is 12.1. The Morgan fingerprint density at radius 2 is 1.68 bits per heavy atom. The molecule has 3 N–H and O–H groups in total. The Balaban J connectivity index is 1.17. The van der Waals surface area contributed by atoms with Crippen molar-refractivity contribution in [3.63, 3.8) is 0 Å². The van der Waals surface area contributed by atoms with E-state index < -0.39 is 0 Å². The number of benzene rings is 3. The van der Waals surface area contributed by atoms with Crippen molar-refractivity contribution in [2.75, 3.05) is 32.5 Å². The molecule has 2 amide bonds. The van der Waals surface area contributed by atoms with Gasteiger partial charge in [-0.1, -0.05) is 12.1 Å². The summed E-state index contributed by atoms with van der Waals surface area (Å²) in [6.07, 6.45) is 2.70. The van der Waals surface area contributed by atoms with E-state index in [1.165, 1.54) is 0 Å². The average molecular weight is 587 g/mol. The molecule has 6 aromatic rings. The number of nitrogens with one attached hydrogen (secondary N) is 3. The number of aryl methyl sites for hydroxylation is 2. The second-order valence-corrected chi connectivity index (χ2v) is 11.1. The predicted octanol–water partition coefficient (Wildman–Crippen LogP) is 5.51. The SMILES string of the molecule is Cc1nc2ccc(C(=O)Nc3cccc(-c4ccc(-n5c(C)nc6cc(C(=O)NCCCN(C)C)ccc65)nc4)c3)cc2[nH]1. The van der Waals surface area contributed by atoms with E-state index in [0.29, 0.717) is 23.4 Å². The van der Waals surface area contributed by atoms with Crippen LogP contribution in [0.3, 0.4) is 0 Å². The minimum absolute atomic E-state index is 0.104. The lowest BCUT2D eigenvalue weighted by Gasteiger charge is -2.10. The summed E-state index contributed by atoms with van der Waals surface area (Å²) in [5, 5.41) is 5.98. The number of H-pyrrole nitrogens is 1. The van der Waals surface area contributed by atoms with Gasteiger partial charge in [0.15, 0.2) is 0 Å². The summed E-state index contributed by atoms with van der Waals surface area (Å²) in [7, 11) is 4.03. The molecule has 10 heteroatoms. The third kappa shape index (κ3) is 6.06. The predicted molar refractivity (Wildman–Crippen MR) is 173 cm³/mol. The van der Waals surface area contributed by atoms with Crippen LogP contribution < -0.4 is 10.6 Å². The molecule has 0 aliphatic carbocycles. The lowest BCUT2D eigenvalue weighted by molar-refractivity contribution is 0.0951. The largest absolute Gasteiger partial charge is 0.352 e. The van der Waals surface area contributed by atoms with Crippen LogP contribution in [0.2, 0.25) is 0 Å². The monoisotopic (exact) mass is 586 g/mol. The fourth-order valence-electron chi connectivity index (χ4n) is 5.28. The number of aromatic nitrogens is 5. The smallest absolute Gasteiger partial charge is 0.255 e. The Bertz CT molecular complexity index is 1990. The number of carbonyl (C=O) groups excluding carboxylic acids is 2. The van der Waals surface area contributed by atoms with Crippen molar-refractivity contribution in [3.05, 3.63) is 102 Å². The summed E-state index contributed by atoms with van der Waals surface area (Å²) in [5.74, 6) is 2.01. The highest BCUT2D eigenvalue weighted by atomic mass is 16.2. The van der Waals surface area contributed by atoms with E-state index in [4.69, 9.17) is 9.97 Å². The van der Waals surface area contributed by atoms with E-state index in [2.05, 4.69) is 25.5 Å². The molecule has 0 aliphatic heterocycles. The number of hydrogen-bond donors (Lipinski definition) is 3. The molecule has 0 saturated heterocycles. The molecule has 0 saturated carbocycles. The lowest BCUT2D eigenvalue weighted by atomic mass is 10.1. The Morgan fingerprint density at radius 1 is 0.864 bits per heavy atom. The molecule has 3 heterocycles. The highest BCUT2D eigenvalue weighted by molar-refractivity contribution is 6.06. The number of anilines is 1. The maximum Gasteiger partial charge on any atom is 0.255 e. The maximum atomic E-state index is 13.0. The van der Waals surface area contributed by atoms with Gasteiger partial charge in [0.2, 0.25) is 0 Å². The minimum Gasteiger partial charge on any atom is -0.352 e. The zero-order valence-electron chi connectivity index (χ0n) is 25.2. The van der Waals surface area contributed by atoms with Crippen LogP contribution in [0.1, 0.15) is 38.8 Å². The van der Waals surface area contributed by atoms with Gasteiger partial charge in [-0.05, 0) is 107 Å². The first kappa shape index (κ1) is 28.8. The van der Waals surface area contributed by atoms with Gasteiger partial charge >= 0.3 is 0 Å². The number of nitrogens with zero attached hydrogens (tertiary/aromatic N) is 5. The fraction of sp³-hybridized carbons (Fsp3) is 0.206. The van der Waals surface area contributed by atoms with Gasteiger partial charge in [-0.3, -0.25) is 14.2 Å². The van der Waals surface area contributed by atoms with E-state index in [9.17, 15) is 9.59 Å². The van der Waals surface area contributed by atoms with Crippen molar-refractivity contribution in [1.29, 1.82) is 0 Å². The van der Waals surface area contributed by atoms with Crippen molar-refractivity contribution in [2.24, 2.45) is 0 Å². The molecule has 0 unspecified atom stereocenters. The number of imidazole rings is 2. The van der Waals surface area contributed by atoms with E-state index in [-0.39, 0.29) is 11.8 Å². The van der Waals surface area contributed by atoms with Crippen LogP contribution in [0.15, 0.2) is 79.0 Å². The van der Waals surface area contributed by atoms with Gasteiger partial charge in [0, 0.05) is 35.1 Å². The standard InChI is InChI=1S/C34H34N8O2/c1-21-37-28-12-9-25(18-29(28)38-21)34(44)40-27-8-5-7-23(17-27)26-11-14-32(36-20-26)42-22(2)39-30-19-24(10-13-31(30)42)33(43)35-15-6-16-41(3)4/h5,7-14,17-20H,6,15-16H2,1-4H3,(H,35,43)(H,37,38)(H,40,44). The molecule has 44 heavy (non-hydrogen) atoms. The van der Waals surface area contributed by atoms with E-state index in [1.807, 2.05) is 105 Å². The van der Waals surface area contributed by atoms with Gasteiger partial charge in [-0.15, -0.1) is 0 Å². The summed E-state index contributed by atoms with van der Waals surface area (Å²) in [5.41, 5.74) is 6.92. The van der Waals surface area contributed by atoms with Gasteiger partial charge < -0.3 is 20.5 Å². The topological polar surface area (TPSA) is 121 Å². The number of aromatic amines is 1. The molecule has 0 atom stereocenters. The summed E-state index contributed by atoms with van der Waals surface area (Å²) in [4.78, 5) is 44.8. The molecule has 3 aromatic heterocycles. The number of carbonyl (C=O) groups is 2. The molecule has 10 nitrogen and oxygen atoms in total. The van der Waals surface area contributed by atoms with E-state index in [0.717, 1.165) is 63.6 Å². The normalized spacial score (nSPS) is 11.4. The summed E-state index contributed by atoms with van der Waals surface area (Å²) in [6, 6.07) is 22.6. The van der Waals surface area contributed by atoms with Crippen LogP contribution in [0.4, 0.5) is 5.69 Å². The minimum atomic E-state index is -0.197. The lowest BCUT2D eigenvalue weighted by Crippen LogP contribution is -2.27. The Hall–Kier alpha value is -5.35. The third-order valence-electron chi connectivity index (χ3n) is 7.45. The number of hydrogen-bond acceptors (Lipinski definition) is 6. The number of rotatable bonds is 9. The van der Waals surface area contributed by atoms with Crippen molar-refractivity contribution in [1.82, 2.24) is 34.7 Å². The molecular formula is C34H34N8O2. The molecule has 0 radical (unpaired) electrons. The maximum absolute atomic E-state index is 13.0. The fourth-order valence-corrected chi connectivity index (χ4v) is 5.28. The van der Waals surface area contributed by atoms with E-state index >= 15 is 0 Å². The van der Waals surface area contributed by atoms with Crippen LogP contribution in [-0.4, -0.2) is 68.4 Å². The molecule has 0 aliphatic rings. The van der Waals surface area contributed by atoms with E-state index in [1.54, 1.807) is 6.07 Å². The molecular weight excluding hydrogens is 552 g/mol. The quantitative estimate of drug-likeness (QED) is 0.192. The van der Waals surface area contributed by atoms with Gasteiger partial charge in [-0.2, -0.15) is 0 Å². The van der Waals surface area contributed by atoms with Crippen molar-refractivity contribution < 1.29 is 9.59 Å². The van der Waals surface area contributed by atoms with Crippen LogP contribution in [0.25, 0.3) is 39.0 Å². The Morgan fingerprint density at radius 3 is 2.48 bits per heavy atom. The second-order valence-electron chi connectivity index (χ2n) is 11.1. The first-order valence-corrected chi connectivity index (χ1v) is 14.5. The van der Waals surface area contributed by atoms with Crippen molar-refractivity contribution >= 4 is 39.6 Å². The summed E-state index contributed by atoms with van der Waals surface area (Å²) >= 11 is 0. The van der Waals surface area contributed by atoms with Crippen LogP contribution in [-0.2, 0) is 0 Å². The Kier molecular flexibility index (Phi) is 7.91. The van der Waals surface area contributed by atoms with Gasteiger partial charge in [0.1, 0.15) is 17.5 Å². The highest BCUT2D eigenvalue weighted by Gasteiger charge is 2.14. The van der Waals surface area contributed by atoms with Crippen LogP contribution >= 0.6 is 0 Å². The van der Waals surface area contributed by atoms with Crippen LogP contribution in [0.5, 0.6) is 0 Å². The third-order valence-corrected chi connectivity index (χ3v) is 7.45. The average Bonchev–Trinajstić information content (AvgIpc) is 3.56. The molecule has 0 spiro atoms. The zero-order chi connectivity index (χ0) is 30.8. The molecule has 0 bridgehead atoms. The van der Waals surface area contributed by atoms with Crippen LogP contribution in [0, 0.1) is 13.8 Å². The molecule has 3 aromatic carbocycles. The van der Waals surface area contributed by atoms with Gasteiger partial charge in [0.05, 0.1) is 22.1 Å². The first-order chi connectivity index (χ1) is 21.2. The highest BCUT2D eigenvalue weighted by Crippen LogP contribution is 2.26. The Labute approximate surface area is 255 Å².